The molecule has 0 aliphatic carbocycles. The SMILES string of the molecule is CCC(CC)(CNC(=O)CCOc1cccc(C(N)=O)c1)C(=O)O. The maximum Gasteiger partial charge on any atom is 0.311 e. The molecule has 1 aromatic carbocycles. The number of carboxylic acid groups (broad SMARTS) is 1. The molecule has 0 atom stereocenters. The topological polar surface area (TPSA) is 119 Å². The van der Waals surface area contributed by atoms with Gasteiger partial charge in [-0.3, -0.25) is 14.4 Å². The number of carbonyl (C=O) groups is 3. The third-order valence-electron chi connectivity index (χ3n) is 4.15. The fourth-order valence-electron chi connectivity index (χ4n) is 2.23. The minimum absolute atomic E-state index is 0.0872. The summed E-state index contributed by atoms with van der Waals surface area (Å²) in [4.78, 5) is 34.3. The molecule has 0 heterocycles. The molecule has 0 aliphatic heterocycles. The molecule has 2 amide bonds. The number of nitrogens with two attached hydrogens (primary N) is 1. The zero-order valence-corrected chi connectivity index (χ0v) is 14.0. The molecule has 0 spiro atoms. The minimum Gasteiger partial charge on any atom is -0.493 e. The monoisotopic (exact) mass is 336 g/mol. The third-order valence-corrected chi connectivity index (χ3v) is 4.15. The summed E-state index contributed by atoms with van der Waals surface area (Å²) in [7, 11) is 0. The van der Waals surface area contributed by atoms with E-state index in [4.69, 9.17) is 10.5 Å². The van der Waals surface area contributed by atoms with Crippen LogP contribution in [0.5, 0.6) is 5.75 Å². The molecule has 7 nitrogen and oxygen atoms in total. The summed E-state index contributed by atoms with van der Waals surface area (Å²) in [5.41, 5.74) is 4.57. The Bertz CT molecular complexity index is 596. The van der Waals surface area contributed by atoms with Gasteiger partial charge in [-0.15, -0.1) is 0 Å². The van der Waals surface area contributed by atoms with Crippen LogP contribution >= 0.6 is 0 Å². The van der Waals surface area contributed by atoms with Crippen molar-refractivity contribution in [1.29, 1.82) is 0 Å². The Morgan fingerprint density at radius 2 is 1.92 bits per heavy atom. The summed E-state index contributed by atoms with van der Waals surface area (Å²) in [5, 5.41) is 12.0. The molecule has 132 valence electrons. The van der Waals surface area contributed by atoms with Gasteiger partial charge in [0.1, 0.15) is 5.75 Å². The van der Waals surface area contributed by atoms with E-state index in [2.05, 4.69) is 5.32 Å². The molecular formula is C17H24N2O5. The van der Waals surface area contributed by atoms with Crippen LogP contribution in [0.1, 0.15) is 43.5 Å². The molecule has 0 unspecified atom stereocenters. The Kier molecular flexibility index (Phi) is 7.23. The fourth-order valence-corrected chi connectivity index (χ4v) is 2.23. The maximum atomic E-state index is 11.9. The van der Waals surface area contributed by atoms with E-state index in [1.54, 1.807) is 32.0 Å². The van der Waals surface area contributed by atoms with Crippen molar-refractivity contribution in [3.63, 3.8) is 0 Å². The first kappa shape index (κ1) is 19.5. The number of aliphatic carboxylic acids is 1. The number of carboxylic acids is 1. The molecule has 0 radical (unpaired) electrons. The highest BCUT2D eigenvalue weighted by molar-refractivity contribution is 5.93. The molecule has 1 rings (SSSR count). The van der Waals surface area contributed by atoms with Gasteiger partial charge in [0, 0.05) is 12.1 Å². The van der Waals surface area contributed by atoms with Gasteiger partial charge in [0.25, 0.3) is 0 Å². The van der Waals surface area contributed by atoms with E-state index in [1.165, 1.54) is 6.07 Å². The highest BCUT2D eigenvalue weighted by atomic mass is 16.5. The lowest BCUT2D eigenvalue weighted by atomic mass is 9.82. The van der Waals surface area contributed by atoms with Gasteiger partial charge in [0.15, 0.2) is 0 Å². The number of hydrogen-bond acceptors (Lipinski definition) is 4. The fraction of sp³-hybridized carbons (Fsp3) is 0.471. The second-order valence-corrected chi connectivity index (χ2v) is 5.56. The molecule has 1 aromatic rings. The van der Waals surface area contributed by atoms with Crippen molar-refractivity contribution in [3.05, 3.63) is 29.8 Å². The summed E-state index contributed by atoms with van der Waals surface area (Å²) in [6.07, 6.45) is 0.967. The minimum atomic E-state index is -0.938. The van der Waals surface area contributed by atoms with Gasteiger partial charge in [-0.05, 0) is 31.0 Å². The second kappa shape index (κ2) is 8.90. The summed E-state index contributed by atoms with van der Waals surface area (Å²) in [6.45, 7) is 3.79. The number of amides is 2. The van der Waals surface area contributed by atoms with E-state index >= 15 is 0 Å². The van der Waals surface area contributed by atoms with E-state index in [0.717, 1.165) is 0 Å². The van der Waals surface area contributed by atoms with Crippen LogP contribution in [0.15, 0.2) is 24.3 Å². The van der Waals surface area contributed by atoms with Crippen LogP contribution in [0.4, 0.5) is 0 Å². The average Bonchev–Trinajstić information content (AvgIpc) is 2.56. The maximum absolute atomic E-state index is 11.9. The first-order chi connectivity index (χ1) is 11.3. The number of benzene rings is 1. The van der Waals surface area contributed by atoms with Crippen LogP contribution in [0.3, 0.4) is 0 Å². The number of hydrogen-bond donors (Lipinski definition) is 3. The molecule has 24 heavy (non-hydrogen) atoms. The van der Waals surface area contributed by atoms with Crippen molar-refractivity contribution >= 4 is 17.8 Å². The summed E-state index contributed by atoms with van der Waals surface area (Å²) >= 11 is 0. The quantitative estimate of drug-likeness (QED) is 0.599. The van der Waals surface area contributed by atoms with Crippen molar-refractivity contribution in [2.24, 2.45) is 11.1 Å². The Morgan fingerprint density at radius 1 is 1.25 bits per heavy atom. The third kappa shape index (κ3) is 5.26. The molecule has 0 aromatic heterocycles. The first-order valence-corrected chi connectivity index (χ1v) is 7.87. The summed E-state index contributed by atoms with van der Waals surface area (Å²) < 4.78 is 5.41. The summed E-state index contributed by atoms with van der Waals surface area (Å²) in [5.74, 6) is -1.30. The molecule has 7 heteroatoms. The van der Waals surface area contributed by atoms with Gasteiger partial charge in [-0.2, -0.15) is 0 Å². The van der Waals surface area contributed by atoms with E-state index in [-0.39, 0.29) is 25.5 Å². The van der Waals surface area contributed by atoms with Crippen LogP contribution in [0.25, 0.3) is 0 Å². The summed E-state index contributed by atoms with van der Waals surface area (Å²) in [6, 6.07) is 6.37. The standard InChI is InChI=1S/C17H24N2O5/c1-3-17(4-2,16(22)23)11-19-14(20)8-9-24-13-7-5-6-12(10-13)15(18)21/h5-7,10H,3-4,8-9,11H2,1-2H3,(H2,18,21)(H,19,20)(H,22,23). The second-order valence-electron chi connectivity index (χ2n) is 5.56. The molecule has 0 fully saturated rings. The first-order valence-electron chi connectivity index (χ1n) is 7.87. The number of ether oxygens (including phenoxy) is 1. The number of carbonyl (C=O) groups excluding carboxylic acids is 2. The molecule has 0 saturated carbocycles. The van der Waals surface area contributed by atoms with Crippen LogP contribution < -0.4 is 15.8 Å². The lowest BCUT2D eigenvalue weighted by Crippen LogP contribution is -2.42. The van der Waals surface area contributed by atoms with Crippen molar-refractivity contribution in [2.45, 2.75) is 33.1 Å². The van der Waals surface area contributed by atoms with E-state index in [9.17, 15) is 19.5 Å². The Balaban J connectivity index is 2.45. The smallest absolute Gasteiger partial charge is 0.311 e. The predicted molar refractivity (Wildman–Crippen MR) is 88.7 cm³/mol. The van der Waals surface area contributed by atoms with Gasteiger partial charge in [0.2, 0.25) is 11.8 Å². The number of primary amides is 1. The van der Waals surface area contributed by atoms with Crippen molar-refractivity contribution in [2.75, 3.05) is 13.2 Å². The van der Waals surface area contributed by atoms with E-state index in [1.807, 2.05) is 0 Å². The van der Waals surface area contributed by atoms with Crippen LogP contribution in [0, 0.1) is 5.41 Å². The van der Waals surface area contributed by atoms with Crippen LogP contribution in [0.2, 0.25) is 0 Å². The molecule has 0 saturated heterocycles. The van der Waals surface area contributed by atoms with Gasteiger partial charge in [0.05, 0.1) is 18.4 Å². The molecule has 0 bridgehead atoms. The number of rotatable bonds is 10. The van der Waals surface area contributed by atoms with E-state index < -0.39 is 17.3 Å². The van der Waals surface area contributed by atoms with Gasteiger partial charge < -0.3 is 20.9 Å². The molecule has 4 N–H and O–H groups in total. The predicted octanol–water partition coefficient (Wildman–Crippen LogP) is 1.56. The van der Waals surface area contributed by atoms with Crippen LogP contribution in [-0.4, -0.2) is 36.0 Å². The van der Waals surface area contributed by atoms with E-state index in [0.29, 0.717) is 24.2 Å². The molecular weight excluding hydrogens is 312 g/mol. The van der Waals surface area contributed by atoms with Crippen molar-refractivity contribution in [3.8, 4) is 5.75 Å². The zero-order valence-electron chi connectivity index (χ0n) is 14.0. The van der Waals surface area contributed by atoms with Gasteiger partial charge in [-0.1, -0.05) is 19.9 Å². The Morgan fingerprint density at radius 3 is 2.46 bits per heavy atom. The van der Waals surface area contributed by atoms with Gasteiger partial charge >= 0.3 is 5.97 Å². The largest absolute Gasteiger partial charge is 0.493 e. The lowest BCUT2D eigenvalue weighted by Gasteiger charge is -2.26. The van der Waals surface area contributed by atoms with Crippen molar-refractivity contribution in [1.82, 2.24) is 5.32 Å². The zero-order chi connectivity index (χ0) is 18.2. The molecule has 0 aliphatic rings. The lowest BCUT2D eigenvalue weighted by molar-refractivity contribution is -0.149. The Labute approximate surface area is 141 Å². The van der Waals surface area contributed by atoms with Gasteiger partial charge in [-0.25, -0.2) is 0 Å². The van der Waals surface area contributed by atoms with Crippen LogP contribution in [-0.2, 0) is 9.59 Å². The average molecular weight is 336 g/mol. The van der Waals surface area contributed by atoms with Crippen molar-refractivity contribution < 1.29 is 24.2 Å². The number of nitrogens with one attached hydrogen (secondary N) is 1. The highest BCUT2D eigenvalue weighted by Crippen LogP contribution is 2.25. The normalized spacial score (nSPS) is 10.9. The highest BCUT2D eigenvalue weighted by Gasteiger charge is 2.34. The Hall–Kier alpha value is -2.57.